The summed E-state index contributed by atoms with van der Waals surface area (Å²) in [4.78, 5) is 253. The molecular formula is C69H110N16O26. The highest BCUT2D eigenvalue weighted by atomic mass is 16.4. The van der Waals surface area contributed by atoms with Crippen LogP contribution in [0.5, 0.6) is 5.75 Å². The molecule has 0 saturated carbocycles. The van der Waals surface area contributed by atoms with Gasteiger partial charge in [-0.25, -0.2) is 4.79 Å². The van der Waals surface area contributed by atoms with Gasteiger partial charge in [-0.1, -0.05) is 80.4 Å². The fourth-order valence-electron chi connectivity index (χ4n) is 10.5. The maximum Gasteiger partial charge on any atom is 0.326 e. The summed E-state index contributed by atoms with van der Waals surface area (Å²) in [5.74, 6) is -26.4. The lowest BCUT2D eigenvalue weighted by Gasteiger charge is -2.30. The molecule has 0 aliphatic heterocycles. The number of nitrogens with one attached hydrogen (secondary N) is 13. The van der Waals surface area contributed by atoms with E-state index in [1.165, 1.54) is 52.0 Å². The van der Waals surface area contributed by atoms with Gasteiger partial charge in [0.2, 0.25) is 88.6 Å². The SMILES string of the molecule is CCC(C)C(NC(=O)C(CCC(=O)O)NC(=O)C(CCC(=O)O)NC(=O)C(NC(=O)C(C)NC(=O)C(CC(N)=O)NC(=O)C(CC(N)=O)NC(=O)C(CC(=O)O)NC(=O)C(NC(=O)C(CC(C)C)NC(=O)C(C)NC(=O)C(N)C(C)O)C(C)CC)C(C)O)C(=O)NC(CC(C)C)C(=O)NC(Cc1ccc(O)cc1)C(=O)O. The normalized spacial score (nSPS) is 16.0. The number of carboxylic acids is 4. The zero-order valence-corrected chi connectivity index (χ0v) is 64.0. The highest BCUT2D eigenvalue weighted by Gasteiger charge is 2.40. The van der Waals surface area contributed by atoms with Crippen LogP contribution in [0.1, 0.15) is 159 Å². The van der Waals surface area contributed by atoms with Crippen LogP contribution in [-0.4, -0.2) is 245 Å². The van der Waals surface area contributed by atoms with Crippen molar-refractivity contribution >= 4 is 112 Å². The number of aliphatic carboxylic acids is 4. The Bertz CT molecular complexity index is 3470. The molecular weight excluding hydrogens is 1470 g/mol. The first-order valence-electron chi connectivity index (χ1n) is 35.8. The van der Waals surface area contributed by atoms with Gasteiger partial charge in [0.1, 0.15) is 90.3 Å². The summed E-state index contributed by atoms with van der Waals surface area (Å²) in [6, 6.07) is -18.8. The van der Waals surface area contributed by atoms with Crippen molar-refractivity contribution < 1.29 is 127 Å². The van der Waals surface area contributed by atoms with E-state index in [0.29, 0.717) is 5.56 Å². The number of rotatable bonds is 51. The van der Waals surface area contributed by atoms with Crippen LogP contribution in [0.25, 0.3) is 0 Å². The van der Waals surface area contributed by atoms with Crippen LogP contribution in [0, 0.1) is 23.7 Å². The molecule has 622 valence electrons. The Kier molecular flexibility index (Phi) is 42.0. The molecule has 0 heterocycles. The number of carbonyl (C=O) groups is 19. The highest BCUT2D eigenvalue weighted by molar-refractivity contribution is 6.02. The summed E-state index contributed by atoms with van der Waals surface area (Å²) < 4.78 is 0. The third-order valence-electron chi connectivity index (χ3n) is 17.3. The Morgan fingerprint density at radius 1 is 0.351 bits per heavy atom. The van der Waals surface area contributed by atoms with Crippen LogP contribution in [0.4, 0.5) is 0 Å². The van der Waals surface area contributed by atoms with E-state index in [1.54, 1.807) is 41.5 Å². The van der Waals surface area contributed by atoms with Crippen molar-refractivity contribution in [2.45, 2.75) is 257 Å². The number of aliphatic hydroxyl groups excluding tert-OH is 2. The maximum absolute atomic E-state index is 14.2. The molecule has 111 heavy (non-hydrogen) atoms. The summed E-state index contributed by atoms with van der Waals surface area (Å²) in [7, 11) is 0. The van der Waals surface area contributed by atoms with E-state index < -0.39 is 266 Å². The van der Waals surface area contributed by atoms with Crippen molar-refractivity contribution in [1.82, 2.24) is 69.1 Å². The van der Waals surface area contributed by atoms with E-state index in [-0.39, 0.29) is 49.7 Å². The summed E-state index contributed by atoms with van der Waals surface area (Å²) in [6.45, 7) is 17.5. The average Bonchev–Trinajstić information content (AvgIpc) is 0.841. The van der Waals surface area contributed by atoms with Crippen LogP contribution in [0.15, 0.2) is 24.3 Å². The minimum atomic E-state index is -2.16. The highest BCUT2D eigenvalue weighted by Crippen LogP contribution is 2.17. The van der Waals surface area contributed by atoms with Crippen LogP contribution >= 0.6 is 0 Å². The van der Waals surface area contributed by atoms with Crippen LogP contribution in [0.3, 0.4) is 0 Å². The fraction of sp³-hybridized carbons (Fsp3) is 0.638. The number of primary amides is 2. The van der Waals surface area contributed by atoms with Gasteiger partial charge in [-0.2, -0.15) is 0 Å². The summed E-state index contributed by atoms with van der Waals surface area (Å²) >= 11 is 0. The van der Waals surface area contributed by atoms with Gasteiger partial charge in [0, 0.05) is 19.3 Å². The Hall–Kier alpha value is -11.2. The van der Waals surface area contributed by atoms with Crippen molar-refractivity contribution in [3.8, 4) is 5.75 Å². The molecule has 18 unspecified atom stereocenters. The lowest BCUT2D eigenvalue weighted by molar-refractivity contribution is -0.142. The number of carboxylic acid groups (broad SMARTS) is 4. The summed E-state index contributed by atoms with van der Waals surface area (Å²) in [5.41, 5.74) is 16.9. The maximum atomic E-state index is 14.2. The first kappa shape index (κ1) is 97.8. The van der Waals surface area contributed by atoms with E-state index in [1.807, 2.05) is 0 Å². The quantitative estimate of drug-likeness (QED) is 0.0288. The Morgan fingerprint density at radius 2 is 0.658 bits per heavy atom. The van der Waals surface area contributed by atoms with Gasteiger partial charge >= 0.3 is 23.9 Å². The van der Waals surface area contributed by atoms with Crippen LogP contribution in [-0.2, 0) is 97.5 Å². The van der Waals surface area contributed by atoms with Gasteiger partial charge in [0.15, 0.2) is 0 Å². The summed E-state index contributed by atoms with van der Waals surface area (Å²) in [5, 5.41) is 99.1. The van der Waals surface area contributed by atoms with Gasteiger partial charge in [-0.05, 0) is 94.7 Å². The second-order valence-electron chi connectivity index (χ2n) is 28.0. The zero-order valence-electron chi connectivity index (χ0n) is 64.0. The standard InChI is InChI=1S/C69H110N16O26/c1-13-31(7)53(66(107)80-41(23-29(3)4)61(102)82-46(69(110)111)25-37-15-17-38(88)18-16-37)83-59(100)40(20-22-50(93)94)75-58(99)39(19-21-49(91)92)76-68(109)55(36(12)87)85-57(98)34(10)73-60(101)43(26-47(70)89)78-62(103)44(27-48(71)90)79-63(104)45(28-51(95)96)81-67(108)54(32(8)14-2)84-64(105)42(24-30(5)6)77-56(97)33(9)74-65(106)52(72)35(11)86/h15-18,29-36,39-46,52-55,86-88H,13-14,19-28,72H2,1-12H3,(H2,70,89)(H2,71,90)(H,73,101)(H,74,106)(H,75,99)(H,76,109)(H,77,97)(H,78,103)(H,79,104)(H,80,107)(H,81,108)(H,82,102)(H,83,100)(H,84,105)(H,85,98)(H,91,92)(H,93,94)(H,95,96)(H,110,111). The number of phenols is 1. The Labute approximate surface area is 639 Å². The zero-order chi connectivity index (χ0) is 85.2. The van der Waals surface area contributed by atoms with Gasteiger partial charge < -0.3 is 122 Å². The van der Waals surface area contributed by atoms with Crippen LogP contribution < -0.4 is 86.3 Å². The van der Waals surface area contributed by atoms with Crippen molar-refractivity contribution in [3.63, 3.8) is 0 Å². The number of amides is 15. The molecule has 0 bridgehead atoms. The first-order valence-corrected chi connectivity index (χ1v) is 35.8. The van der Waals surface area contributed by atoms with E-state index in [0.717, 1.165) is 13.8 Å². The minimum Gasteiger partial charge on any atom is -0.508 e. The predicted octanol–water partition coefficient (Wildman–Crippen LogP) is -6.41. The second-order valence-corrected chi connectivity index (χ2v) is 28.0. The second kappa shape index (κ2) is 47.7. The number of aromatic hydroxyl groups is 1. The Balaban J connectivity index is 3.54. The third kappa shape index (κ3) is 35.8. The number of hydrogen-bond donors (Lipinski definition) is 23. The molecule has 0 aliphatic rings. The predicted molar refractivity (Wildman–Crippen MR) is 389 cm³/mol. The lowest BCUT2D eigenvalue weighted by Crippen LogP contribution is -2.62. The van der Waals surface area contributed by atoms with E-state index in [2.05, 4.69) is 69.1 Å². The minimum absolute atomic E-state index is 0.0332. The molecule has 15 amide bonds. The number of phenolic OH excluding ortho intramolecular Hbond substituents is 1. The van der Waals surface area contributed by atoms with E-state index in [9.17, 15) is 127 Å². The topological polar surface area (TPSA) is 700 Å². The molecule has 0 radical (unpaired) electrons. The van der Waals surface area contributed by atoms with Crippen molar-refractivity contribution in [1.29, 1.82) is 0 Å². The molecule has 0 fully saturated rings. The number of nitrogens with two attached hydrogens (primary N) is 3. The molecule has 1 aromatic rings. The molecule has 1 aromatic carbocycles. The molecule has 0 aromatic heterocycles. The van der Waals surface area contributed by atoms with Gasteiger partial charge in [0.05, 0.1) is 31.5 Å². The smallest absolute Gasteiger partial charge is 0.326 e. The van der Waals surface area contributed by atoms with Gasteiger partial charge in [-0.15, -0.1) is 0 Å². The van der Waals surface area contributed by atoms with Gasteiger partial charge in [-0.3, -0.25) is 86.3 Å². The Morgan fingerprint density at radius 3 is 1.04 bits per heavy atom. The largest absolute Gasteiger partial charge is 0.508 e. The molecule has 42 heteroatoms. The first-order chi connectivity index (χ1) is 51.5. The van der Waals surface area contributed by atoms with Crippen LogP contribution in [0.2, 0.25) is 0 Å². The molecule has 1 rings (SSSR count). The lowest BCUT2D eigenvalue weighted by atomic mass is 9.96. The summed E-state index contributed by atoms with van der Waals surface area (Å²) in [6.07, 6.45) is -9.77. The molecule has 18 atom stereocenters. The monoisotopic (exact) mass is 1580 g/mol. The number of carbonyl (C=O) groups excluding carboxylic acids is 15. The third-order valence-corrected chi connectivity index (χ3v) is 17.3. The number of hydrogen-bond acceptors (Lipinski definition) is 23. The number of benzene rings is 1. The molecule has 0 aliphatic carbocycles. The fourth-order valence-corrected chi connectivity index (χ4v) is 10.5. The van der Waals surface area contributed by atoms with Crippen molar-refractivity contribution in [2.75, 3.05) is 0 Å². The molecule has 26 N–H and O–H groups in total. The molecule has 0 saturated heterocycles. The molecule has 42 nitrogen and oxygen atoms in total. The van der Waals surface area contributed by atoms with E-state index >= 15 is 0 Å². The van der Waals surface area contributed by atoms with Crippen molar-refractivity contribution in [2.24, 2.45) is 40.9 Å². The van der Waals surface area contributed by atoms with Gasteiger partial charge in [0.25, 0.3) is 0 Å². The van der Waals surface area contributed by atoms with E-state index in [4.69, 9.17) is 17.2 Å². The average molecular weight is 1580 g/mol. The molecule has 0 spiro atoms. The number of aliphatic hydroxyl groups is 2. The van der Waals surface area contributed by atoms with Crippen molar-refractivity contribution in [3.05, 3.63) is 29.8 Å².